The molecule has 0 fully saturated rings. The first kappa shape index (κ1) is 52.2. The number of carbonyl (C=O) groups excluding carboxylic acids is 1. The van der Waals surface area contributed by atoms with E-state index in [1.165, 1.54) is 6.42 Å². The summed E-state index contributed by atoms with van der Waals surface area (Å²) < 4.78 is 23.3. The van der Waals surface area contributed by atoms with Gasteiger partial charge in [-0.15, -0.1) is 0 Å². The Morgan fingerprint density at radius 1 is 0.636 bits per heavy atom. The number of amides is 1. The van der Waals surface area contributed by atoms with Crippen molar-refractivity contribution >= 4 is 13.7 Å². The predicted molar refractivity (Wildman–Crippen MR) is 235 cm³/mol. The molecule has 0 saturated heterocycles. The topological polar surface area (TPSA) is 105 Å². The Hall–Kier alpha value is -2.84. The highest BCUT2D eigenvalue weighted by Crippen LogP contribution is 2.43. The van der Waals surface area contributed by atoms with Crippen LogP contribution in [0.2, 0.25) is 0 Å². The highest BCUT2D eigenvalue weighted by atomic mass is 31.2. The van der Waals surface area contributed by atoms with Crippen molar-refractivity contribution in [3.8, 4) is 0 Å². The minimum absolute atomic E-state index is 0.0452. The summed E-state index contributed by atoms with van der Waals surface area (Å²) >= 11 is 0. The maximum atomic E-state index is 12.7. The van der Waals surface area contributed by atoms with Crippen molar-refractivity contribution in [1.82, 2.24) is 5.32 Å². The number of hydrogen-bond acceptors (Lipinski definition) is 5. The van der Waals surface area contributed by atoms with Crippen molar-refractivity contribution in [1.29, 1.82) is 0 Å². The van der Waals surface area contributed by atoms with Crippen molar-refractivity contribution in [3.05, 3.63) is 109 Å². The third kappa shape index (κ3) is 39.2. The van der Waals surface area contributed by atoms with Gasteiger partial charge in [0.25, 0.3) is 0 Å². The van der Waals surface area contributed by atoms with Crippen LogP contribution >= 0.6 is 7.82 Å². The molecule has 3 N–H and O–H groups in total. The van der Waals surface area contributed by atoms with E-state index in [4.69, 9.17) is 9.05 Å². The normalized spacial score (nSPS) is 15.5. The molecule has 8 nitrogen and oxygen atoms in total. The zero-order valence-electron chi connectivity index (χ0n) is 35.1. The molecule has 0 aliphatic carbocycles. The standard InChI is InChI=1S/C46H77N2O6P/c1-6-8-10-12-14-15-16-17-18-19-20-21-22-23-24-25-26-27-28-29-30-31-32-33-34-36-38-40-46(50)47-44(45(49)39-37-35-13-11-9-7-2)43-54-55(51,52)53-42-41-48(3,4)5/h8,10,14-15,17-18,20-21,23-24,26-27,29-30,32-33,37,39,44-45,49H,6-7,9,11-13,16,19,22,25,28,31,34-36,38,40-43H2,1-5H3,(H-,47,50,51,52)/p+1/b10-8-,15-14-,18-17-,21-20-,24-23-,27-26-,30-29-,33-32-,39-37+. The Balaban J connectivity index is 4.32. The van der Waals surface area contributed by atoms with E-state index in [1.54, 1.807) is 6.08 Å². The molecule has 312 valence electrons. The van der Waals surface area contributed by atoms with Crippen LogP contribution in [0.5, 0.6) is 0 Å². The Bertz CT molecular complexity index is 1260. The average Bonchev–Trinajstić information content (AvgIpc) is 3.13. The summed E-state index contributed by atoms with van der Waals surface area (Å²) in [6.07, 6.45) is 53.4. The molecule has 1 amide bonds. The number of hydrogen-bond donors (Lipinski definition) is 3. The number of phosphoric acid groups is 1. The van der Waals surface area contributed by atoms with Crippen molar-refractivity contribution in [2.45, 2.75) is 135 Å². The van der Waals surface area contributed by atoms with Gasteiger partial charge in [-0.3, -0.25) is 13.8 Å². The molecular weight excluding hydrogens is 707 g/mol. The van der Waals surface area contributed by atoms with E-state index in [-0.39, 0.29) is 19.1 Å². The minimum atomic E-state index is -4.34. The number of nitrogens with zero attached hydrogens (tertiary/aromatic N) is 1. The van der Waals surface area contributed by atoms with E-state index >= 15 is 0 Å². The molecule has 0 aromatic heterocycles. The van der Waals surface area contributed by atoms with Crippen LogP contribution in [0.15, 0.2) is 109 Å². The second-order valence-corrected chi connectivity index (χ2v) is 16.1. The van der Waals surface area contributed by atoms with Gasteiger partial charge < -0.3 is 19.8 Å². The van der Waals surface area contributed by atoms with Gasteiger partial charge in [0.1, 0.15) is 13.2 Å². The summed E-state index contributed by atoms with van der Waals surface area (Å²) in [5.74, 6) is -0.232. The van der Waals surface area contributed by atoms with Gasteiger partial charge in [0, 0.05) is 6.42 Å². The molecule has 0 saturated carbocycles. The number of nitrogens with one attached hydrogen (secondary N) is 1. The first-order valence-corrected chi connectivity index (χ1v) is 22.3. The lowest BCUT2D eigenvalue weighted by Gasteiger charge is -2.25. The summed E-state index contributed by atoms with van der Waals surface area (Å²) in [5.41, 5.74) is 0. The monoisotopic (exact) mass is 786 g/mol. The minimum Gasteiger partial charge on any atom is -0.387 e. The van der Waals surface area contributed by atoms with Crippen molar-refractivity contribution in [3.63, 3.8) is 0 Å². The highest BCUT2D eigenvalue weighted by molar-refractivity contribution is 7.47. The van der Waals surface area contributed by atoms with Gasteiger partial charge in [0.15, 0.2) is 0 Å². The zero-order valence-corrected chi connectivity index (χ0v) is 36.0. The molecule has 3 unspecified atom stereocenters. The zero-order chi connectivity index (χ0) is 40.7. The molecule has 0 aromatic carbocycles. The molecule has 0 rings (SSSR count). The van der Waals surface area contributed by atoms with Gasteiger partial charge in [-0.25, -0.2) is 4.57 Å². The van der Waals surface area contributed by atoms with Gasteiger partial charge in [-0.05, 0) is 83.5 Å². The van der Waals surface area contributed by atoms with Crippen LogP contribution in [0.4, 0.5) is 0 Å². The fourth-order valence-electron chi connectivity index (χ4n) is 4.93. The van der Waals surface area contributed by atoms with Gasteiger partial charge in [0.05, 0.1) is 39.9 Å². The lowest BCUT2D eigenvalue weighted by atomic mass is 10.1. The van der Waals surface area contributed by atoms with E-state index < -0.39 is 20.0 Å². The number of aliphatic hydroxyl groups is 1. The van der Waals surface area contributed by atoms with Gasteiger partial charge in [-0.1, -0.05) is 142 Å². The smallest absolute Gasteiger partial charge is 0.387 e. The largest absolute Gasteiger partial charge is 0.472 e. The molecule has 9 heteroatoms. The lowest BCUT2D eigenvalue weighted by molar-refractivity contribution is -0.870. The Morgan fingerprint density at radius 3 is 1.56 bits per heavy atom. The molecule has 55 heavy (non-hydrogen) atoms. The summed E-state index contributed by atoms with van der Waals surface area (Å²) in [6, 6.07) is -0.874. The van der Waals surface area contributed by atoms with Crippen LogP contribution in [-0.4, -0.2) is 73.4 Å². The SMILES string of the molecule is CC/C=C\C/C=C\C/C=C\C/C=C\C/C=C\C/C=C\C/C=C\C/C=C\CCCCC(=O)NC(COP(=O)(O)OCC[N+](C)(C)C)C(O)/C=C/CCCCCC. The lowest BCUT2D eigenvalue weighted by Crippen LogP contribution is -2.45. The van der Waals surface area contributed by atoms with Crippen LogP contribution < -0.4 is 5.32 Å². The average molecular weight is 786 g/mol. The molecule has 0 radical (unpaired) electrons. The number of rotatable bonds is 35. The van der Waals surface area contributed by atoms with E-state index in [0.717, 1.165) is 89.9 Å². The summed E-state index contributed by atoms with van der Waals surface area (Å²) in [4.78, 5) is 22.9. The molecule has 0 aromatic rings. The quantitative estimate of drug-likeness (QED) is 0.0256. The third-order valence-corrected chi connectivity index (χ3v) is 9.23. The number of aliphatic hydroxyl groups excluding tert-OH is 1. The van der Waals surface area contributed by atoms with E-state index in [9.17, 15) is 19.4 Å². The van der Waals surface area contributed by atoms with E-state index in [1.807, 2.05) is 27.2 Å². The number of quaternary nitrogens is 1. The van der Waals surface area contributed by atoms with Crippen LogP contribution in [0, 0.1) is 0 Å². The second kappa shape index (κ2) is 36.8. The third-order valence-electron chi connectivity index (χ3n) is 8.25. The molecule has 3 atom stereocenters. The van der Waals surface area contributed by atoms with Crippen LogP contribution in [0.3, 0.4) is 0 Å². The van der Waals surface area contributed by atoms with Crippen molar-refractivity contribution in [2.24, 2.45) is 0 Å². The van der Waals surface area contributed by atoms with Crippen molar-refractivity contribution in [2.75, 3.05) is 40.9 Å². The van der Waals surface area contributed by atoms with Gasteiger partial charge >= 0.3 is 7.82 Å². The fourth-order valence-corrected chi connectivity index (χ4v) is 5.67. The molecule has 0 spiro atoms. The number of carbonyl (C=O) groups is 1. The maximum absolute atomic E-state index is 12.7. The van der Waals surface area contributed by atoms with Crippen molar-refractivity contribution < 1.29 is 32.9 Å². The number of allylic oxidation sites excluding steroid dienone is 17. The first-order chi connectivity index (χ1) is 26.5. The Morgan fingerprint density at radius 2 is 1.09 bits per heavy atom. The second-order valence-electron chi connectivity index (χ2n) is 14.6. The molecular formula is C46H78N2O6P+. The number of likely N-dealkylation sites (N-methyl/N-ethyl adjacent to an activating group) is 1. The fraction of sp³-hybridized carbons (Fsp3) is 0.587. The molecule has 0 heterocycles. The van der Waals surface area contributed by atoms with Gasteiger partial charge in [-0.2, -0.15) is 0 Å². The summed E-state index contributed by atoms with van der Waals surface area (Å²) in [6.45, 7) is 4.53. The van der Waals surface area contributed by atoms with Crippen LogP contribution in [0.25, 0.3) is 0 Å². The Kier molecular flexibility index (Phi) is 34.9. The molecule has 0 aliphatic rings. The molecule has 0 aliphatic heterocycles. The van der Waals surface area contributed by atoms with Crippen LogP contribution in [-0.2, 0) is 18.4 Å². The maximum Gasteiger partial charge on any atom is 0.472 e. The van der Waals surface area contributed by atoms with Gasteiger partial charge in [0.2, 0.25) is 5.91 Å². The predicted octanol–water partition coefficient (Wildman–Crippen LogP) is 11.3. The first-order valence-electron chi connectivity index (χ1n) is 20.8. The number of phosphoric ester groups is 1. The number of unbranched alkanes of at least 4 members (excludes halogenated alkanes) is 6. The molecule has 0 bridgehead atoms. The summed E-state index contributed by atoms with van der Waals surface area (Å²) in [5, 5.41) is 13.6. The Labute approximate surface area is 336 Å². The highest BCUT2D eigenvalue weighted by Gasteiger charge is 2.27. The van der Waals surface area contributed by atoms with Crippen LogP contribution in [0.1, 0.15) is 123 Å². The van der Waals surface area contributed by atoms with E-state index in [0.29, 0.717) is 23.9 Å². The van der Waals surface area contributed by atoms with E-state index in [2.05, 4.69) is 116 Å². The summed E-state index contributed by atoms with van der Waals surface area (Å²) in [7, 11) is 1.51.